The molecule has 0 saturated heterocycles. The van der Waals surface area contributed by atoms with Gasteiger partial charge in [-0.1, -0.05) is 11.2 Å². The van der Waals surface area contributed by atoms with Crippen LogP contribution in [-0.4, -0.2) is 18.6 Å². The highest BCUT2D eigenvalue weighted by Crippen LogP contribution is 2.16. The van der Waals surface area contributed by atoms with Crippen molar-refractivity contribution in [1.82, 2.24) is 14.9 Å². The van der Waals surface area contributed by atoms with Crippen molar-refractivity contribution < 1.29 is 17.3 Å². The third-order valence-corrected chi connectivity index (χ3v) is 3.94. The number of rotatable bonds is 5. The van der Waals surface area contributed by atoms with E-state index in [0.717, 1.165) is 6.07 Å². The summed E-state index contributed by atoms with van der Waals surface area (Å²) in [5.74, 6) is -0.370. The molecule has 0 aliphatic rings. The Hall–Kier alpha value is -1.84. The highest BCUT2D eigenvalue weighted by molar-refractivity contribution is 7.89. The molecule has 0 amide bonds. The van der Waals surface area contributed by atoms with Gasteiger partial charge in [0.25, 0.3) is 0 Å². The van der Waals surface area contributed by atoms with E-state index in [1.807, 2.05) is 0 Å². The van der Waals surface area contributed by atoms with Crippen LogP contribution in [0.1, 0.15) is 17.3 Å². The Kier molecular flexibility index (Phi) is 4.12. The van der Waals surface area contributed by atoms with Crippen LogP contribution in [0.25, 0.3) is 0 Å². The van der Waals surface area contributed by atoms with E-state index in [0.29, 0.717) is 11.4 Å². The predicted molar refractivity (Wildman–Crippen MR) is 67.4 cm³/mol. The van der Waals surface area contributed by atoms with Crippen LogP contribution < -0.4 is 10.5 Å². The lowest BCUT2D eigenvalue weighted by atomic mass is 10.2. The van der Waals surface area contributed by atoms with Crippen LogP contribution in [-0.2, 0) is 23.1 Å². The number of hydrogen-bond acceptors (Lipinski definition) is 6. The molecule has 0 unspecified atom stereocenters. The van der Waals surface area contributed by atoms with Crippen LogP contribution >= 0.6 is 0 Å². The molecule has 0 atom stereocenters. The van der Waals surface area contributed by atoms with Gasteiger partial charge in [-0.15, -0.1) is 0 Å². The molecule has 2 aromatic rings. The Bertz CT molecular complexity index is 714. The smallest absolute Gasteiger partial charge is 0.243 e. The topological polar surface area (TPSA) is 111 Å². The monoisotopic (exact) mass is 300 g/mol. The van der Waals surface area contributed by atoms with Gasteiger partial charge in [-0.2, -0.15) is 4.98 Å². The van der Waals surface area contributed by atoms with Crippen LogP contribution in [0.5, 0.6) is 0 Å². The standard InChI is InChI=1S/C11H13FN4O3S/c1-7-15-11(19-16-7)6-14-20(17,18)10-3-2-8(5-13)4-9(10)12/h2-4,14H,5-6,13H2,1H3. The van der Waals surface area contributed by atoms with Crippen molar-refractivity contribution in [3.8, 4) is 0 Å². The second-order valence-corrected chi connectivity index (χ2v) is 5.76. The van der Waals surface area contributed by atoms with Crippen molar-refractivity contribution in [3.05, 3.63) is 41.3 Å². The first-order valence-corrected chi connectivity index (χ1v) is 7.18. The molecule has 0 spiro atoms. The number of nitrogens with one attached hydrogen (secondary N) is 1. The van der Waals surface area contributed by atoms with Gasteiger partial charge in [0.1, 0.15) is 10.7 Å². The number of nitrogens with two attached hydrogens (primary N) is 1. The van der Waals surface area contributed by atoms with E-state index in [4.69, 9.17) is 10.3 Å². The molecule has 9 heteroatoms. The largest absolute Gasteiger partial charge is 0.338 e. The zero-order valence-corrected chi connectivity index (χ0v) is 11.4. The molecule has 0 bridgehead atoms. The maximum atomic E-state index is 13.7. The lowest BCUT2D eigenvalue weighted by molar-refractivity contribution is 0.372. The first-order valence-electron chi connectivity index (χ1n) is 5.70. The summed E-state index contributed by atoms with van der Waals surface area (Å²) in [4.78, 5) is 3.39. The van der Waals surface area contributed by atoms with Gasteiger partial charge in [-0.05, 0) is 24.6 Å². The fraction of sp³-hybridized carbons (Fsp3) is 0.273. The first kappa shape index (κ1) is 14.6. The minimum atomic E-state index is -4.00. The second-order valence-electron chi connectivity index (χ2n) is 4.03. The number of benzene rings is 1. The van der Waals surface area contributed by atoms with Gasteiger partial charge < -0.3 is 10.3 Å². The molecule has 2 rings (SSSR count). The fourth-order valence-electron chi connectivity index (χ4n) is 1.54. The Morgan fingerprint density at radius 2 is 2.20 bits per heavy atom. The minimum Gasteiger partial charge on any atom is -0.338 e. The maximum absolute atomic E-state index is 13.7. The van der Waals surface area contributed by atoms with Crippen molar-refractivity contribution >= 4 is 10.0 Å². The average molecular weight is 300 g/mol. The van der Waals surface area contributed by atoms with Gasteiger partial charge in [-0.25, -0.2) is 17.5 Å². The zero-order valence-electron chi connectivity index (χ0n) is 10.6. The lowest BCUT2D eigenvalue weighted by Crippen LogP contribution is -2.24. The second kappa shape index (κ2) is 5.65. The molecule has 3 N–H and O–H groups in total. The Morgan fingerprint density at radius 1 is 1.45 bits per heavy atom. The van der Waals surface area contributed by atoms with Crippen LogP contribution in [0.3, 0.4) is 0 Å². The fourth-order valence-corrected chi connectivity index (χ4v) is 2.57. The Morgan fingerprint density at radius 3 is 2.75 bits per heavy atom. The summed E-state index contributed by atoms with van der Waals surface area (Å²) in [7, 11) is -4.00. The molecular formula is C11H13FN4O3S. The summed E-state index contributed by atoms with van der Waals surface area (Å²) in [5.41, 5.74) is 5.86. The Balaban J connectivity index is 2.18. The molecule has 20 heavy (non-hydrogen) atoms. The van der Waals surface area contributed by atoms with E-state index >= 15 is 0 Å². The zero-order chi connectivity index (χ0) is 14.8. The lowest BCUT2D eigenvalue weighted by Gasteiger charge is -2.07. The number of hydrogen-bond donors (Lipinski definition) is 2. The Labute approximate surface area is 115 Å². The summed E-state index contributed by atoms with van der Waals surface area (Å²) >= 11 is 0. The van der Waals surface area contributed by atoms with Gasteiger partial charge in [-0.3, -0.25) is 0 Å². The van der Waals surface area contributed by atoms with Crippen LogP contribution in [0, 0.1) is 12.7 Å². The van der Waals surface area contributed by atoms with Crippen molar-refractivity contribution in [2.75, 3.05) is 0 Å². The van der Waals surface area contributed by atoms with Gasteiger partial charge in [0, 0.05) is 6.54 Å². The molecular weight excluding hydrogens is 287 g/mol. The summed E-state index contributed by atoms with van der Waals surface area (Å²) < 4.78 is 44.6. The highest BCUT2D eigenvalue weighted by atomic mass is 32.2. The maximum Gasteiger partial charge on any atom is 0.243 e. The van der Waals surface area contributed by atoms with E-state index in [-0.39, 0.29) is 19.0 Å². The predicted octanol–water partition coefficient (Wildman–Crippen LogP) is 0.454. The van der Waals surface area contributed by atoms with E-state index in [1.165, 1.54) is 12.1 Å². The van der Waals surface area contributed by atoms with Crippen molar-refractivity contribution in [3.63, 3.8) is 0 Å². The van der Waals surface area contributed by atoms with Crippen LogP contribution in [0.2, 0.25) is 0 Å². The molecule has 1 heterocycles. The molecule has 0 aliphatic heterocycles. The first-order chi connectivity index (χ1) is 9.42. The van der Waals surface area contributed by atoms with E-state index in [1.54, 1.807) is 6.92 Å². The number of aromatic nitrogens is 2. The van der Waals surface area contributed by atoms with Gasteiger partial charge in [0.05, 0.1) is 6.54 Å². The van der Waals surface area contributed by atoms with Crippen molar-refractivity contribution in [2.45, 2.75) is 24.9 Å². The molecule has 0 saturated carbocycles. The molecule has 108 valence electrons. The molecule has 7 nitrogen and oxygen atoms in total. The molecule has 0 aliphatic carbocycles. The third-order valence-electron chi connectivity index (χ3n) is 2.50. The summed E-state index contributed by atoms with van der Waals surface area (Å²) in [6.07, 6.45) is 0. The van der Waals surface area contributed by atoms with E-state index in [9.17, 15) is 12.8 Å². The normalized spacial score (nSPS) is 11.8. The van der Waals surface area contributed by atoms with Crippen LogP contribution in [0.4, 0.5) is 4.39 Å². The number of aryl methyl sites for hydroxylation is 1. The molecule has 1 aromatic carbocycles. The van der Waals surface area contributed by atoms with Crippen molar-refractivity contribution in [1.29, 1.82) is 0 Å². The van der Waals surface area contributed by atoms with E-state index < -0.39 is 20.7 Å². The number of sulfonamides is 1. The van der Waals surface area contributed by atoms with Gasteiger partial charge in [0.15, 0.2) is 5.82 Å². The third kappa shape index (κ3) is 3.18. The summed E-state index contributed by atoms with van der Waals surface area (Å²) in [5, 5.41) is 3.52. The number of nitrogens with zero attached hydrogens (tertiary/aromatic N) is 2. The number of halogens is 1. The van der Waals surface area contributed by atoms with Gasteiger partial charge in [0.2, 0.25) is 15.9 Å². The van der Waals surface area contributed by atoms with Crippen molar-refractivity contribution in [2.24, 2.45) is 5.73 Å². The minimum absolute atomic E-state index is 0.102. The molecule has 0 fully saturated rings. The van der Waals surface area contributed by atoms with Gasteiger partial charge >= 0.3 is 0 Å². The summed E-state index contributed by atoms with van der Waals surface area (Å²) in [6, 6.07) is 3.71. The quantitative estimate of drug-likeness (QED) is 0.829. The highest BCUT2D eigenvalue weighted by Gasteiger charge is 2.20. The van der Waals surface area contributed by atoms with Crippen LogP contribution in [0.15, 0.2) is 27.6 Å². The molecule has 1 aromatic heterocycles. The summed E-state index contributed by atoms with van der Waals surface area (Å²) in [6.45, 7) is 1.53. The van der Waals surface area contributed by atoms with E-state index in [2.05, 4.69) is 14.9 Å². The average Bonchev–Trinajstić information content (AvgIpc) is 2.82. The SMILES string of the molecule is Cc1noc(CNS(=O)(=O)c2ccc(CN)cc2F)n1. The molecule has 0 radical (unpaired) electrons.